The Labute approximate surface area is 141 Å². The lowest BCUT2D eigenvalue weighted by Crippen LogP contribution is -2.42. The van der Waals surface area contributed by atoms with Crippen molar-refractivity contribution in [2.45, 2.75) is 18.9 Å². The average molecular weight is 329 g/mol. The van der Waals surface area contributed by atoms with E-state index in [1.807, 2.05) is 38.1 Å². The van der Waals surface area contributed by atoms with E-state index >= 15 is 0 Å². The summed E-state index contributed by atoms with van der Waals surface area (Å²) in [5.74, 6) is 1.51. The van der Waals surface area contributed by atoms with Gasteiger partial charge >= 0.3 is 0 Å². The number of nitrogens with zero attached hydrogens (tertiary/aromatic N) is 3. The smallest absolute Gasteiger partial charge is 0.231 e. The lowest BCUT2D eigenvalue weighted by molar-refractivity contribution is 0.0366. The van der Waals surface area contributed by atoms with Crippen molar-refractivity contribution in [1.82, 2.24) is 9.88 Å². The van der Waals surface area contributed by atoms with Crippen LogP contribution in [0.15, 0.2) is 18.2 Å². The van der Waals surface area contributed by atoms with Crippen LogP contribution in [0.4, 0.5) is 5.69 Å². The summed E-state index contributed by atoms with van der Waals surface area (Å²) in [6, 6.07) is 6.03. The van der Waals surface area contributed by atoms with Crippen LogP contribution in [0.5, 0.6) is 11.5 Å². The first kappa shape index (κ1) is 15.5. The van der Waals surface area contributed by atoms with Crippen molar-refractivity contribution >= 4 is 16.6 Å². The molecule has 0 spiro atoms. The van der Waals surface area contributed by atoms with Crippen molar-refractivity contribution in [2.24, 2.45) is 0 Å². The van der Waals surface area contributed by atoms with E-state index in [1.54, 1.807) is 0 Å². The molecule has 0 aliphatic carbocycles. The van der Waals surface area contributed by atoms with Crippen LogP contribution in [-0.4, -0.2) is 61.1 Å². The van der Waals surface area contributed by atoms with Gasteiger partial charge in [-0.05, 0) is 39.6 Å². The summed E-state index contributed by atoms with van der Waals surface area (Å²) in [5.41, 5.74) is 2.28. The lowest BCUT2D eigenvalue weighted by Gasteiger charge is -2.28. The number of rotatable bonds is 3. The Balaban J connectivity index is 1.74. The fraction of sp³-hybridized carbons (Fsp3) is 0.500. The molecule has 3 heterocycles. The monoisotopic (exact) mass is 329 g/mol. The van der Waals surface area contributed by atoms with Crippen LogP contribution in [0.3, 0.4) is 0 Å². The van der Waals surface area contributed by atoms with E-state index in [4.69, 9.17) is 9.47 Å². The van der Waals surface area contributed by atoms with Crippen LogP contribution in [0.25, 0.3) is 10.9 Å². The summed E-state index contributed by atoms with van der Waals surface area (Å²) in [6.45, 7) is 4.37. The maximum absolute atomic E-state index is 10.8. The Morgan fingerprint density at radius 2 is 2.00 bits per heavy atom. The number of aryl methyl sites for hydroxylation is 1. The minimum atomic E-state index is -0.677. The number of hydrogen-bond acceptors (Lipinski definition) is 6. The second kappa shape index (κ2) is 5.50. The number of aromatic nitrogens is 1. The van der Waals surface area contributed by atoms with Crippen LogP contribution in [0, 0.1) is 6.92 Å². The molecule has 0 amide bonds. The summed E-state index contributed by atoms with van der Waals surface area (Å²) >= 11 is 0. The molecule has 6 heteroatoms. The molecule has 4 rings (SSSR count). The van der Waals surface area contributed by atoms with Gasteiger partial charge in [0.25, 0.3) is 0 Å². The highest BCUT2D eigenvalue weighted by Crippen LogP contribution is 2.40. The Bertz CT molecular complexity index is 793. The van der Waals surface area contributed by atoms with E-state index in [0.717, 1.165) is 46.7 Å². The highest BCUT2D eigenvalue weighted by Gasteiger charge is 2.37. The maximum atomic E-state index is 10.8. The molecule has 2 aliphatic heterocycles. The number of likely N-dealkylation sites (N-methyl/N-ethyl adjacent to an activating group) is 1. The summed E-state index contributed by atoms with van der Waals surface area (Å²) in [7, 11) is 3.99. The van der Waals surface area contributed by atoms with Gasteiger partial charge in [-0.25, -0.2) is 0 Å². The van der Waals surface area contributed by atoms with E-state index in [1.165, 1.54) is 0 Å². The molecule has 128 valence electrons. The predicted molar refractivity (Wildman–Crippen MR) is 92.9 cm³/mol. The minimum absolute atomic E-state index is 0.256. The second-order valence-corrected chi connectivity index (χ2v) is 7.14. The van der Waals surface area contributed by atoms with Gasteiger partial charge < -0.3 is 24.4 Å². The number of benzene rings is 1. The van der Waals surface area contributed by atoms with Gasteiger partial charge in [0, 0.05) is 42.5 Å². The number of β-amino-alcohol motifs (C(OH)–C–C–N with tert-alkyl or cyclic N) is 1. The number of anilines is 1. The topological polar surface area (TPSA) is 58.1 Å². The minimum Gasteiger partial charge on any atom is -0.454 e. The van der Waals surface area contributed by atoms with Gasteiger partial charge in [0.2, 0.25) is 6.79 Å². The van der Waals surface area contributed by atoms with E-state index in [9.17, 15) is 5.11 Å². The van der Waals surface area contributed by atoms with Crippen LogP contribution < -0.4 is 14.4 Å². The standard InChI is InChI=1S/C18H23N3O3/c1-12-6-15(21-5-4-18(22,10-21)9-20(2)3)13-7-16-17(24-11-23-16)8-14(13)19-12/h6-8,22H,4-5,9-11H2,1-3H3/t18-/m1/s1. The van der Waals surface area contributed by atoms with Crippen LogP contribution >= 0.6 is 0 Å². The van der Waals surface area contributed by atoms with Crippen molar-refractivity contribution in [3.8, 4) is 11.5 Å². The zero-order valence-corrected chi connectivity index (χ0v) is 14.4. The summed E-state index contributed by atoms with van der Waals surface area (Å²) in [5, 5.41) is 11.9. The van der Waals surface area contributed by atoms with Crippen LogP contribution in [-0.2, 0) is 0 Å². The Kier molecular flexibility index (Phi) is 3.54. The quantitative estimate of drug-likeness (QED) is 0.926. The third-order valence-electron chi connectivity index (χ3n) is 4.69. The predicted octanol–water partition coefficient (Wildman–Crippen LogP) is 1.77. The molecule has 0 saturated carbocycles. The molecule has 6 nitrogen and oxygen atoms in total. The highest BCUT2D eigenvalue weighted by molar-refractivity contribution is 5.94. The molecule has 1 atom stereocenters. The molecule has 2 aliphatic rings. The summed E-state index contributed by atoms with van der Waals surface area (Å²) in [6.07, 6.45) is 0.762. The molecule has 0 radical (unpaired) electrons. The van der Waals surface area contributed by atoms with Gasteiger partial charge in [0.05, 0.1) is 11.1 Å². The Morgan fingerprint density at radius 3 is 2.75 bits per heavy atom. The zero-order chi connectivity index (χ0) is 16.9. The van der Waals surface area contributed by atoms with E-state index in [2.05, 4.69) is 16.0 Å². The Morgan fingerprint density at radius 1 is 1.25 bits per heavy atom. The molecule has 0 bridgehead atoms. The van der Waals surface area contributed by atoms with E-state index in [-0.39, 0.29) is 6.79 Å². The molecular formula is C18H23N3O3. The van der Waals surface area contributed by atoms with E-state index in [0.29, 0.717) is 13.1 Å². The van der Waals surface area contributed by atoms with Crippen molar-refractivity contribution < 1.29 is 14.6 Å². The number of fused-ring (bicyclic) bond motifs is 2. The van der Waals surface area contributed by atoms with Crippen molar-refractivity contribution in [3.05, 3.63) is 23.9 Å². The molecule has 2 aromatic rings. The van der Waals surface area contributed by atoms with Gasteiger partial charge in [-0.1, -0.05) is 0 Å². The molecular weight excluding hydrogens is 306 g/mol. The van der Waals surface area contributed by atoms with Crippen LogP contribution in [0.2, 0.25) is 0 Å². The van der Waals surface area contributed by atoms with Crippen molar-refractivity contribution in [2.75, 3.05) is 45.4 Å². The Hall–Kier alpha value is -2.05. The first-order valence-corrected chi connectivity index (χ1v) is 8.27. The third-order valence-corrected chi connectivity index (χ3v) is 4.69. The lowest BCUT2D eigenvalue weighted by atomic mass is 10.0. The first-order valence-electron chi connectivity index (χ1n) is 8.27. The maximum Gasteiger partial charge on any atom is 0.231 e. The number of hydrogen-bond donors (Lipinski definition) is 1. The summed E-state index contributed by atoms with van der Waals surface area (Å²) < 4.78 is 11.0. The van der Waals surface area contributed by atoms with Gasteiger partial charge in [-0.2, -0.15) is 0 Å². The molecule has 1 N–H and O–H groups in total. The van der Waals surface area contributed by atoms with E-state index < -0.39 is 5.60 Å². The molecule has 1 aromatic carbocycles. The molecule has 1 aromatic heterocycles. The van der Waals surface area contributed by atoms with Gasteiger partial charge in [0.15, 0.2) is 11.5 Å². The normalized spacial score (nSPS) is 22.8. The third kappa shape index (κ3) is 2.65. The molecule has 1 saturated heterocycles. The first-order chi connectivity index (χ1) is 11.4. The largest absolute Gasteiger partial charge is 0.454 e. The van der Waals surface area contributed by atoms with Gasteiger partial charge in [-0.3, -0.25) is 4.98 Å². The van der Waals surface area contributed by atoms with Gasteiger partial charge in [-0.15, -0.1) is 0 Å². The molecule has 0 unspecified atom stereocenters. The van der Waals surface area contributed by atoms with Crippen LogP contribution in [0.1, 0.15) is 12.1 Å². The fourth-order valence-corrected chi connectivity index (χ4v) is 3.77. The molecule has 24 heavy (non-hydrogen) atoms. The number of pyridine rings is 1. The average Bonchev–Trinajstić information content (AvgIpc) is 3.09. The van der Waals surface area contributed by atoms with Crippen molar-refractivity contribution in [1.29, 1.82) is 0 Å². The fourth-order valence-electron chi connectivity index (χ4n) is 3.77. The van der Waals surface area contributed by atoms with Crippen molar-refractivity contribution in [3.63, 3.8) is 0 Å². The number of aliphatic hydroxyl groups is 1. The molecule has 1 fully saturated rings. The number of ether oxygens (including phenoxy) is 2. The zero-order valence-electron chi connectivity index (χ0n) is 14.4. The SMILES string of the molecule is Cc1cc(N2CC[C@@](O)(CN(C)C)C2)c2cc3c(cc2n1)OCO3. The van der Waals surface area contributed by atoms with Gasteiger partial charge in [0.1, 0.15) is 0 Å². The highest BCUT2D eigenvalue weighted by atomic mass is 16.7. The summed E-state index contributed by atoms with van der Waals surface area (Å²) in [4.78, 5) is 8.93. The second-order valence-electron chi connectivity index (χ2n) is 7.14.